The van der Waals surface area contributed by atoms with Gasteiger partial charge in [-0.15, -0.1) is 0 Å². The molecule has 2 aromatic heterocycles. The van der Waals surface area contributed by atoms with Gasteiger partial charge >= 0.3 is 0 Å². The van der Waals surface area contributed by atoms with Crippen molar-refractivity contribution < 1.29 is 14.6 Å². The number of aldehydes is 1. The highest BCUT2D eigenvalue weighted by molar-refractivity contribution is 6.39. The number of imidazole rings is 1. The van der Waals surface area contributed by atoms with Crippen molar-refractivity contribution in [3.05, 3.63) is 65.9 Å². The second kappa shape index (κ2) is 7.31. The molecule has 8 heteroatoms. The number of pyridine rings is 1. The smallest absolute Gasteiger partial charge is 0.157 e. The average molecular weight is 361 g/mol. The molecule has 3 rings (SSSR count). The summed E-state index contributed by atoms with van der Waals surface area (Å²) in [7, 11) is 3.80. The van der Waals surface area contributed by atoms with Gasteiger partial charge in [-0.3, -0.25) is 9.36 Å². The number of aromatic hydroxyl groups is 1. The van der Waals surface area contributed by atoms with E-state index in [0.717, 1.165) is 17.2 Å². The largest absolute Gasteiger partial charge is 0.507 e. The second-order valence-corrected chi connectivity index (χ2v) is 7.10. The molecule has 6 nitrogen and oxygen atoms in total. The zero-order chi connectivity index (χ0) is 19.6. The summed E-state index contributed by atoms with van der Waals surface area (Å²) in [6, 6.07) is 8.55. The number of phenolic OH excluding ortho intramolecular Hbond substituents is 1. The standard InChI is InChI=1S/C19H21B2N3O3/c1-12(2)17-23-9-10-24(17)18-14(5-4-8-22-18)19(20,21)27-16-7-3-6-15(26)13(16)11-25/h3-12,26H,20-21H2,1-2H3. The van der Waals surface area contributed by atoms with E-state index in [1.807, 2.05) is 38.6 Å². The minimum Gasteiger partial charge on any atom is -0.507 e. The van der Waals surface area contributed by atoms with E-state index in [1.54, 1.807) is 24.5 Å². The van der Waals surface area contributed by atoms with Crippen LogP contribution in [0.2, 0.25) is 0 Å². The predicted molar refractivity (Wildman–Crippen MR) is 108 cm³/mol. The van der Waals surface area contributed by atoms with Gasteiger partial charge in [0, 0.05) is 30.1 Å². The van der Waals surface area contributed by atoms with Gasteiger partial charge in [0.05, 0.1) is 11.0 Å². The van der Waals surface area contributed by atoms with Crippen LogP contribution >= 0.6 is 0 Å². The summed E-state index contributed by atoms with van der Waals surface area (Å²) in [4.78, 5) is 20.4. The van der Waals surface area contributed by atoms with Gasteiger partial charge < -0.3 is 9.84 Å². The molecule has 0 atom stereocenters. The molecule has 0 fully saturated rings. The van der Waals surface area contributed by atoms with E-state index in [4.69, 9.17) is 4.74 Å². The monoisotopic (exact) mass is 361 g/mol. The minimum atomic E-state index is -0.812. The molecule has 1 N–H and O–H groups in total. The number of rotatable bonds is 6. The molecule has 2 heterocycles. The Morgan fingerprint density at radius 3 is 2.67 bits per heavy atom. The Bertz CT molecular complexity index is 970. The topological polar surface area (TPSA) is 77.2 Å². The van der Waals surface area contributed by atoms with Crippen LogP contribution in [0.15, 0.2) is 48.9 Å². The number of benzene rings is 1. The fourth-order valence-corrected chi connectivity index (χ4v) is 3.05. The van der Waals surface area contributed by atoms with Crippen LogP contribution < -0.4 is 4.74 Å². The Kier molecular flexibility index (Phi) is 5.08. The van der Waals surface area contributed by atoms with Gasteiger partial charge in [-0.1, -0.05) is 26.0 Å². The molecule has 0 aliphatic rings. The Balaban J connectivity index is 2.08. The molecule has 0 aliphatic heterocycles. The Morgan fingerprint density at radius 1 is 1.19 bits per heavy atom. The lowest BCUT2D eigenvalue weighted by molar-refractivity contribution is 0.111. The van der Waals surface area contributed by atoms with Crippen LogP contribution in [0.5, 0.6) is 11.5 Å². The molecule has 0 spiro atoms. The van der Waals surface area contributed by atoms with Gasteiger partial charge in [0.1, 0.15) is 23.1 Å². The fraction of sp³-hybridized carbons (Fsp3) is 0.211. The van der Waals surface area contributed by atoms with Crippen LogP contribution in [-0.2, 0) is 5.40 Å². The first kappa shape index (κ1) is 18.8. The first-order chi connectivity index (χ1) is 12.8. The lowest BCUT2D eigenvalue weighted by Crippen LogP contribution is -2.36. The van der Waals surface area contributed by atoms with E-state index < -0.39 is 5.40 Å². The number of phenols is 1. The summed E-state index contributed by atoms with van der Waals surface area (Å²) in [5.41, 5.74) is 0.964. The molecule has 27 heavy (non-hydrogen) atoms. The molecule has 3 aromatic rings. The number of ether oxygens (including phenoxy) is 1. The van der Waals surface area contributed by atoms with Crippen molar-refractivity contribution in [2.45, 2.75) is 25.2 Å². The third kappa shape index (κ3) is 3.60. The summed E-state index contributed by atoms with van der Waals surface area (Å²) in [6.07, 6.45) is 5.95. The number of nitrogens with zero attached hydrogens (tertiary/aromatic N) is 3. The van der Waals surface area contributed by atoms with Crippen molar-refractivity contribution >= 4 is 22.0 Å². The summed E-state index contributed by atoms with van der Waals surface area (Å²) >= 11 is 0. The van der Waals surface area contributed by atoms with Crippen molar-refractivity contribution in [1.29, 1.82) is 0 Å². The van der Waals surface area contributed by atoms with Gasteiger partial charge in [-0.25, -0.2) is 9.97 Å². The number of aromatic nitrogens is 3. The van der Waals surface area contributed by atoms with E-state index in [2.05, 4.69) is 23.8 Å². The molecule has 0 aliphatic carbocycles. The molecule has 0 unspecified atom stereocenters. The average Bonchev–Trinajstić information content (AvgIpc) is 3.11. The third-order valence-corrected chi connectivity index (χ3v) is 4.38. The van der Waals surface area contributed by atoms with Crippen LogP contribution in [0, 0.1) is 0 Å². The summed E-state index contributed by atoms with van der Waals surface area (Å²) < 4.78 is 8.12. The van der Waals surface area contributed by atoms with E-state index in [1.165, 1.54) is 6.07 Å². The Labute approximate surface area is 160 Å². The normalized spacial score (nSPS) is 11.5. The van der Waals surface area contributed by atoms with Gasteiger partial charge in [-0.2, -0.15) is 0 Å². The predicted octanol–water partition coefficient (Wildman–Crippen LogP) is 1.36. The third-order valence-electron chi connectivity index (χ3n) is 4.38. The molecule has 0 amide bonds. The van der Waals surface area contributed by atoms with Gasteiger partial charge in [-0.05, 0) is 18.2 Å². The van der Waals surface area contributed by atoms with E-state index in [-0.39, 0.29) is 17.2 Å². The molecular formula is C19H21B2N3O3. The summed E-state index contributed by atoms with van der Waals surface area (Å²) in [5, 5.41) is 9.11. The number of carbonyl (C=O) groups is 1. The van der Waals surface area contributed by atoms with Crippen LogP contribution in [0.3, 0.4) is 0 Å². The number of hydrogen-bond acceptors (Lipinski definition) is 5. The van der Waals surface area contributed by atoms with Crippen LogP contribution in [0.4, 0.5) is 0 Å². The molecule has 0 radical (unpaired) electrons. The Hall–Kier alpha value is -3.02. The van der Waals surface area contributed by atoms with E-state index in [0.29, 0.717) is 12.0 Å². The molecule has 0 saturated carbocycles. The lowest BCUT2D eigenvalue weighted by atomic mass is 9.61. The second-order valence-electron chi connectivity index (χ2n) is 7.10. The van der Waals surface area contributed by atoms with Gasteiger partial charge in [0.2, 0.25) is 0 Å². The maximum absolute atomic E-state index is 11.4. The SMILES string of the molecule is BC(B)(Oc1cccc(O)c1C=O)c1cccnc1-n1ccnc1C(C)C. The lowest BCUT2D eigenvalue weighted by Gasteiger charge is -2.30. The summed E-state index contributed by atoms with van der Waals surface area (Å²) in [5.74, 6) is 2.06. The van der Waals surface area contributed by atoms with Gasteiger partial charge in [0.25, 0.3) is 0 Å². The highest BCUT2D eigenvalue weighted by Crippen LogP contribution is 2.32. The molecule has 136 valence electrons. The highest BCUT2D eigenvalue weighted by atomic mass is 16.5. The van der Waals surface area contributed by atoms with Crippen LogP contribution in [0.1, 0.15) is 41.5 Å². The quantitative estimate of drug-likeness (QED) is 0.530. The van der Waals surface area contributed by atoms with Crippen molar-refractivity contribution in [2.24, 2.45) is 0 Å². The maximum Gasteiger partial charge on any atom is 0.157 e. The number of hydrogen-bond donors (Lipinski definition) is 1. The van der Waals surface area contributed by atoms with Gasteiger partial charge in [0.15, 0.2) is 22.0 Å². The first-order valence-electron chi connectivity index (χ1n) is 8.80. The zero-order valence-electron chi connectivity index (χ0n) is 15.9. The minimum absolute atomic E-state index is 0.110. The number of carbonyl (C=O) groups excluding carboxylic acids is 1. The van der Waals surface area contributed by atoms with Crippen molar-refractivity contribution in [2.75, 3.05) is 0 Å². The van der Waals surface area contributed by atoms with E-state index >= 15 is 0 Å². The van der Waals surface area contributed by atoms with Crippen molar-refractivity contribution in [1.82, 2.24) is 14.5 Å². The van der Waals surface area contributed by atoms with Crippen molar-refractivity contribution in [3.8, 4) is 17.3 Å². The zero-order valence-corrected chi connectivity index (χ0v) is 15.9. The van der Waals surface area contributed by atoms with Crippen molar-refractivity contribution in [3.63, 3.8) is 0 Å². The van der Waals surface area contributed by atoms with Crippen LogP contribution in [0.25, 0.3) is 5.82 Å². The van der Waals surface area contributed by atoms with Crippen LogP contribution in [-0.4, -0.2) is 41.6 Å². The molecule has 0 saturated heterocycles. The Morgan fingerprint density at radius 2 is 1.96 bits per heavy atom. The maximum atomic E-state index is 11.4. The van der Waals surface area contributed by atoms with E-state index in [9.17, 15) is 9.90 Å². The molecular weight excluding hydrogens is 340 g/mol. The molecule has 0 bridgehead atoms. The molecule has 1 aromatic carbocycles. The summed E-state index contributed by atoms with van der Waals surface area (Å²) in [6.45, 7) is 4.15. The fourth-order valence-electron chi connectivity index (χ4n) is 3.05. The first-order valence-corrected chi connectivity index (χ1v) is 8.80. The highest BCUT2D eigenvalue weighted by Gasteiger charge is 2.29.